The minimum absolute atomic E-state index is 0.134. The maximum Gasteiger partial charge on any atom is 0.244 e. The maximum absolute atomic E-state index is 13.9. The van der Waals surface area contributed by atoms with Crippen molar-refractivity contribution < 1.29 is 22.7 Å². The average molecular weight is 524 g/mol. The molecule has 0 aromatic heterocycles. The van der Waals surface area contributed by atoms with E-state index >= 15 is 0 Å². The summed E-state index contributed by atoms with van der Waals surface area (Å²) in [5, 5.41) is 2.67. The van der Waals surface area contributed by atoms with Crippen LogP contribution < -0.4 is 14.4 Å². The minimum Gasteiger partial charge on any atom is -0.495 e. The van der Waals surface area contributed by atoms with Crippen LogP contribution in [0.2, 0.25) is 0 Å². The first-order valence-corrected chi connectivity index (χ1v) is 13.7. The lowest BCUT2D eigenvalue weighted by Gasteiger charge is -2.33. The van der Waals surface area contributed by atoms with Crippen molar-refractivity contribution in [3.63, 3.8) is 0 Å². The number of carbonyl (C=O) groups is 2. The Bertz CT molecular complexity index is 1330. The first kappa shape index (κ1) is 27.7. The molecular formula is C28H33N3O5S. The molecule has 196 valence electrons. The number of rotatable bonds is 11. The molecule has 0 aliphatic carbocycles. The summed E-state index contributed by atoms with van der Waals surface area (Å²) in [5.74, 6) is -0.534. The van der Waals surface area contributed by atoms with E-state index in [9.17, 15) is 18.0 Å². The van der Waals surface area contributed by atoms with Crippen molar-refractivity contribution in [2.45, 2.75) is 25.9 Å². The third kappa shape index (κ3) is 7.33. The number of sulfonamides is 1. The summed E-state index contributed by atoms with van der Waals surface area (Å²) < 4.78 is 32.0. The maximum atomic E-state index is 13.9. The van der Waals surface area contributed by atoms with Gasteiger partial charge in [-0.3, -0.25) is 13.9 Å². The van der Waals surface area contributed by atoms with Crippen LogP contribution in [0.25, 0.3) is 0 Å². The van der Waals surface area contributed by atoms with E-state index in [-0.39, 0.29) is 24.6 Å². The van der Waals surface area contributed by atoms with Crippen LogP contribution in [-0.4, -0.2) is 58.1 Å². The lowest BCUT2D eigenvalue weighted by Crippen LogP contribution is -2.52. The lowest BCUT2D eigenvalue weighted by atomic mass is 10.0. The average Bonchev–Trinajstić information content (AvgIpc) is 2.88. The molecule has 3 aromatic carbocycles. The van der Waals surface area contributed by atoms with Gasteiger partial charge in [-0.1, -0.05) is 72.3 Å². The van der Waals surface area contributed by atoms with Gasteiger partial charge in [-0.15, -0.1) is 0 Å². The van der Waals surface area contributed by atoms with E-state index in [4.69, 9.17) is 4.74 Å². The number of para-hydroxylation sites is 2. The quantitative estimate of drug-likeness (QED) is 0.417. The van der Waals surface area contributed by atoms with Gasteiger partial charge in [0, 0.05) is 20.0 Å². The molecule has 0 unspecified atom stereocenters. The number of likely N-dealkylation sites (N-methyl/N-ethyl adjacent to an activating group) is 1. The molecule has 0 saturated carbocycles. The third-order valence-corrected chi connectivity index (χ3v) is 7.11. The van der Waals surface area contributed by atoms with Crippen molar-refractivity contribution >= 4 is 27.5 Å². The molecular weight excluding hydrogens is 490 g/mol. The number of nitrogens with zero attached hydrogens (tertiary/aromatic N) is 2. The molecule has 1 N–H and O–H groups in total. The topological polar surface area (TPSA) is 96.0 Å². The number of methoxy groups -OCH3 is 1. The highest BCUT2D eigenvalue weighted by atomic mass is 32.2. The Morgan fingerprint density at radius 1 is 0.946 bits per heavy atom. The molecule has 0 fully saturated rings. The van der Waals surface area contributed by atoms with E-state index in [1.165, 1.54) is 19.1 Å². The van der Waals surface area contributed by atoms with Crippen molar-refractivity contribution in [1.29, 1.82) is 0 Å². The number of amides is 2. The Labute approximate surface area is 218 Å². The van der Waals surface area contributed by atoms with Gasteiger partial charge in [0.15, 0.2) is 0 Å². The number of aryl methyl sites for hydroxylation is 1. The van der Waals surface area contributed by atoms with Gasteiger partial charge in [0.05, 0.1) is 19.1 Å². The molecule has 0 aliphatic rings. The molecule has 3 aromatic rings. The summed E-state index contributed by atoms with van der Waals surface area (Å²) >= 11 is 0. The highest BCUT2D eigenvalue weighted by molar-refractivity contribution is 7.92. The Morgan fingerprint density at radius 3 is 2.22 bits per heavy atom. The Morgan fingerprint density at radius 2 is 1.59 bits per heavy atom. The van der Waals surface area contributed by atoms with E-state index < -0.39 is 28.5 Å². The lowest BCUT2D eigenvalue weighted by molar-refractivity contribution is -0.139. The second-order valence-corrected chi connectivity index (χ2v) is 10.7. The second kappa shape index (κ2) is 12.4. The van der Waals surface area contributed by atoms with Crippen LogP contribution in [0.4, 0.5) is 5.69 Å². The molecule has 0 saturated heterocycles. The number of hydrogen-bond acceptors (Lipinski definition) is 5. The predicted molar refractivity (Wildman–Crippen MR) is 145 cm³/mol. The van der Waals surface area contributed by atoms with Gasteiger partial charge in [0.25, 0.3) is 0 Å². The fraction of sp³-hybridized carbons (Fsp3) is 0.286. The monoisotopic (exact) mass is 523 g/mol. The number of ether oxygens (including phenoxy) is 1. The summed E-state index contributed by atoms with van der Waals surface area (Å²) in [4.78, 5) is 28.5. The van der Waals surface area contributed by atoms with E-state index in [1.54, 1.807) is 24.3 Å². The van der Waals surface area contributed by atoms with Crippen molar-refractivity contribution in [2.75, 3.05) is 31.3 Å². The van der Waals surface area contributed by atoms with Gasteiger partial charge in [-0.05, 0) is 30.2 Å². The van der Waals surface area contributed by atoms with Gasteiger partial charge in [0.2, 0.25) is 21.8 Å². The Hall–Kier alpha value is -3.85. The molecule has 2 amide bonds. The molecule has 8 nitrogen and oxygen atoms in total. The summed E-state index contributed by atoms with van der Waals surface area (Å²) in [6.07, 6.45) is 1.31. The van der Waals surface area contributed by atoms with Crippen LogP contribution >= 0.6 is 0 Å². The SMILES string of the molecule is CNC(=O)[C@@H](Cc1ccccc1)N(Cc1cccc(C)c1)C(=O)CN(c1ccccc1OC)S(C)(=O)=O. The first-order valence-electron chi connectivity index (χ1n) is 11.8. The smallest absolute Gasteiger partial charge is 0.244 e. The molecule has 37 heavy (non-hydrogen) atoms. The molecule has 0 heterocycles. The van der Waals surface area contributed by atoms with Crippen molar-refractivity contribution in [1.82, 2.24) is 10.2 Å². The zero-order chi connectivity index (χ0) is 27.0. The van der Waals surface area contributed by atoms with Gasteiger partial charge in [-0.25, -0.2) is 8.42 Å². The predicted octanol–water partition coefficient (Wildman–Crippen LogP) is 3.16. The van der Waals surface area contributed by atoms with Crippen LogP contribution in [0.1, 0.15) is 16.7 Å². The first-order chi connectivity index (χ1) is 17.6. The van der Waals surface area contributed by atoms with Crippen LogP contribution in [-0.2, 0) is 32.6 Å². The van der Waals surface area contributed by atoms with Gasteiger partial charge in [0.1, 0.15) is 18.3 Å². The van der Waals surface area contributed by atoms with Crippen molar-refractivity contribution in [3.8, 4) is 5.75 Å². The highest BCUT2D eigenvalue weighted by Gasteiger charge is 2.33. The van der Waals surface area contributed by atoms with E-state index in [1.807, 2.05) is 61.5 Å². The van der Waals surface area contributed by atoms with E-state index in [0.717, 1.165) is 27.3 Å². The van der Waals surface area contributed by atoms with Crippen LogP contribution in [0.15, 0.2) is 78.9 Å². The zero-order valence-corrected chi connectivity index (χ0v) is 22.4. The van der Waals surface area contributed by atoms with Crippen LogP contribution in [0, 0.1) is 6.92 Å². The summed E-state index contributed by atoms with van der Waals surface area (Å²) in [5.41, 5.74) is 2.97. The molecule has 1 atom stereocenters. The van der Waals surface area contributed by atoms with Gasteiger partial charge >= 0.3 is 0 Å². The summed E-state index contributed by atoms with van der Waals surface area (Å²) in [6.45, 7) is 1.59. The number of benzene rings is 3. The fourth-order valence-corrected chi connectivity index (χ4v) is 5.01. The summed E-state index contributed by atoms with van der Waals surface area (Å²) in [6, 6.07) is 22.8. The molecule has 3 rings (SSSR count). The highest BCUT2D eigenvalue weighted by Crippen LogP contribution is 2.30. The number of nitrogens with one attached hydrogen (secondary N) is 1. The van der Waals surface area contributed by atoms with Crippen LogP contribution in [0.5, 0.6) is 5.75 Å². The van der Waals surface area contributed by atoms with Crippen molar-refractivity contribution in [3.05, 3.63) is 95.6 Å². The molecule has 0 bridgehead atoms. The summed E-state index contributed by atoms with van der Waals surface area (Å²) in [7, 11) is -0.906. The number of hydrogen-bond donors (Lipinski definition) is 1. The van der Waals surface area contributed by atoms with Crippen molar-refractivity contribution in [2.24, 2.45) is 0 Å². The van der Waals surface area contributed by atoms with Crippen LogP contribution in [0.3, 0.4) is 0 Å². The zero-order valence-electron chi connectivity index (χ0n) is 21.5. The largest absolute Gasteiger partial charge is 0.495 e. The molecule has 0 spiro atoms. The Balaban J connectivity index is 2.05. The normalized spacial score (nSPS) is 11.9. The van der Waals surface area contributed by atoms with E-state index in [0.29, 0.717) is 5.75 Å². The standard InChI is InChI=1S/C28H33N3O5S/c1-21-11-10-14-23(17-21)19-30(25(28(33)29-2)18-22-12-6-5-7-13-22)27(32)20-31(37(4,34)35)24-15-8-9-16-26(24)36-3/h5-17,25H,18-20H2,1-4H3,(H,29,33)/t25-/m1/s1. The molecule has 0 radical (unpaired) electrons. The second-order valence-electron chi connectivity index (χ2n) is 8.77. The number of carbonyl (C=O) groups excluding carboxylic acids is 2. The van der Waals surface area contributed by atoms with E-state index in [2.05, 4.69) is 5.32 Å². The Kier molecular flexibility index (Phi) is 9.30. The number of anilines is 1. The fourth-order valence-electron chi connectivity index (χ4n) is 4.16. The van der Waals surface area contributed by atoms with Gasteiger partial charge in [-0.2, -0.15) is 0 Å². The molecule has 0 aliphatic heterocycles. The third-order valence-electron chi connectivity index (χ3n) is 5.99. The molecule has 9 heteroatoms. The minimum atomic E-state index is -3.86. The van der Waals surface area contributed by atoms with Gasteiger partial charge < -0.3 is 15.0 Å².